The van der Waals surface area contributed by atoms with E-state index >= 15 is 0 Å². The van der Waals surface area contributed by atoms with Gasteiger partial charge in [-0.2, -0.15) is 0 Å². The Morgan fingerprint density at radius 2 is 2.07 bits per heavy atom. The zero-order valence-corrected chi connectivity index (χ0v) is 14.9. The first-order chi connectivity index (χ1) is 13.0. The Balaban J connectivity index is 1.93. The number of nitrogens with zero attached hydrogens (tertiary/aromatic N) is 1. The molecule has 2 aromatic carbocycles. The number of aliphatic hydroxyl groups is 1. The normalized spacial score (nSPS) is 15.7. The predicted octanol–water partition coefficient (Wildman–Crippen LogP) is 2.28. The van der Waals surface area contributed by atoms with E-state index < -0.39 is 11.7 Å². The highest BCUT2D eigenvalue weighted by Gasteiger charge is 2.35. The van der Waals surface area contributed by atoms with Crippen molar-refractivity contribution in [3.8, 4) is 5.75 Å². The monoisotopic (exact) mass is 372 g/mol. The highest BCUT2D eigenvalue weighted by Crippen LogP contribution is 2.39. The van der Waals surface area contributed by atoms with Gasteiger partial charge in [-0.15, -0.1) is 0 Å². The first-order valence-corrected chi connectivity index (χ1v) is 8.65. The summed E-state index contributed by atoms with van der Waals surface area (Å²) in [5.41, 5.74) is 1.48. The molecule has 0 radical (unpaired) electrons. The van der Waals surface area contributed by atoms with Crippen LogP contribution >= 0.6 is 0 Å². The van der Waals surface area contributed by atoms with Crippen LogP contribution in [0.3, 0.4) is 0 Å². The van der Waals surface area contributed by atoms with Crippen LogP contribution in [0, 0.1) is 5.82 Å². The predicted molar refractivity (Wildman–Crippen MR) is 97.9 cm³/mol. The molecule has 1 heterocycles. The van der Waals surface area contributed by atoms with E-state index in [2.05, 4.69) is 5.32 Å². The number of halogens is 1. The van der Waals surface area contributed by atoms with Crippen LogP contribution in [0.25, 0.3) is 0 Å². The van der Waals surface area contributed by atoms with Gasteiger partial charge in [0.05, 0.1) is 25.3 Å². The van der Waals surface area contributed by atoms with E-state index in [1.165, 1.54) is 18.1 Å². The van der Waals surface area contributed by atoms with Gasteiger partial charge in [-0.3, -0.25) is 9.59 Å². The largest absolute Gasteiger partial charge is 0.495 e. The number of carbonyl (C=O) groups excluding carboxylic acids is 2. The molecule has 1 aliphatic heterocycles. The maximum atomic E-state index is 14.0. The van der Waals surface area contributed by atoms with Crippen molar-refractivity contribution in [2.75, 3.05) is 25.6 Å². The lowest BCUT2D eigenvalue weighted by Gasteiger charge is -2.31. The summed E-state index contributed by atoms with van der Waals surface area (Å²) in [6.07, 6.45) is -0.0157. The van der Waals surface area contributed by atoms with E-state index in [0.29, 0.717) is 22.6 Å². The van der Waals surface area contributed by atoms with Gasteiger partial charge in [-0.1, -0.05) is 30.3 Å². The lowest BCUT2D eigenvalue weighted by atomic mass is 9.88. The first-order valence-electron chi connectivity index (χ1n) is 8.65. The van der Waals surface area contributed by atoms with E-state index in [9.17, 15) is 19.1 Å². The third-order valence-corrected chi connectivity index (χ3v) is 4.61. The molecule has 0 saturated carbocycles. The van der Waals surface area contributed by atoms with E-state index in [0.717, 1.165) is 0 Å². The maximum absolute atomic E-state index is 14.0. The molecule has 142 valence electrons. The van der Waals surface area contributed by atoms with Crippen LogP contribution in [0.5, 0.6) is 5.75 Å². The Kier molecular flexibility index (Phi) is 5.71. The topological polar surface area (TPSA) is 78.9 Å². The number of carbonyl (C=O) groups is 2. The number of para-hydroxylation sites is 1. The molecule has 0 saturated heterocycles. The summed E-state index contributed by atoms with van der Waals surface area (Å²) in [7, 11) is 1.49. The fraction of sp³-hybridized carbons (Fsp3) is 0.300. The quantitative estimate of drug-likeness (QED) is 0.815. The molecule has 2 aromatic rings. The van der Waals surface area contributed by atoms with Crippen LogP contribution < -0.4 is 10.1 Å². The zero-order chi connectivity index (χ0) is 19.4. The fourth-order valence-corrected chi connectivity index (χ4v) is 3.29. The second kappa shape index (κ2) is 8.18. The molecule has 0 bridgehead atoms. The molecule has 2 amide bonds. The molecule has 1 unspecified atom stereocenters. The Morgan fingerprint density at radius 3 is 2.78 bits per heavy atom. The second-order valence-corrected chi connectivity index (χ2v) is 6.30. The van der Waals surface area contributed by atoms with Crippen molar-refractivity contribution in [3.63, 3.8) is 0 Å². The molecule has 0 aliphatic carbocycles. The van der Waals surface area contributed by atoms with Crippen LogP contribution in [-0.4, -0.2) is 42.1 Å². The van der Waals surface area contributed by atoms with Crippen LogP contribution in [0.2, 0.25) is 0 Å². The molecule has 7 heteroatoms. The summed E-state index contributed by atoms with van der Waals surface area (Å²) >= 11 is 0. The molecule has 2 N–H and O–H groups in total. The molecular weight excluding hydrogens is 351 g/mol. The van der Waals surface area contributed by atoms with E-state index in [1.54, 1.807) is 36.4 Å². The summed E-state index contributed by atoms with van der Waals surface area (Å²) < 4.78 is 19.3. The number of hydrogen-bond donors (Lipinski definition) is 2. The second-order valence-electron chi connectivity index (χ2n) is 6.30. The molecule has 1 aliphatic rings. The number of benzene rings is 2. The minimum Gasteiger partial charge on any atom is -0.495 e. The van der Waals surface area contributed by atoms with Gasteiger partial charge in [0.1, 0.15) is 11.6 Å². The lowest BCUT2D eigenvalue weighted by Crippen LogP contribution is -2.40. The van der Waals surface area contributed by atoms with Crippen molar-refractivity contribution in [2.24, 2.45) is 0 Å². The fourth-order valence-electron chi connectivity index (χ4n) is 3.29. The highest BCUT2D eigenvalue weighted by molar-refractivity contribution is 6.02. The minimum absolute atomic E-state index is 0.0157. The van der Waals surface area contributed by atoms with Crippen molar-refractivity contribution in [1.82, 2.24) is 4.90 Å². The van der Waals surface area contributed by atoms with Crippen LogP contribution in [0.15, 0.2) is 42.5 Å². The summed E-state index contributed by atoms with van der Waals surface area (Å²) in [6.45, 7) is -0.196. The Labute approximate surface area is 156 Å². The van der Waals surface area contributed by atoms with Gasteiger partial charge in [0.2, 0.25) is 11.8 Å². The van der Waals surface area contributed by atoms with Gasteiger partial charge >= 0.3 is 0 Å². The Hall–Kier alpha value is -2.93. The molecule has 3 rings (SSSR count). The molecule has 1 atom stereocenters. The van der Waals surface area contributed by atoms with Crippen molar-refractivity contribution < 1.29 is 23.8 Å². The summed E-state index contributed by atoms with van der Waals surface area (Å²) in [4.78, 5) is 26.7. The number of hydrogen-bond acceptors (Lipinski definition) is 4. The number of aliphatic hydroxyl groups excluding tert-OH is 1. The van der Waals surface area contributed by atoms with E-state index in [4.69, 9.17) is 4.74 Å². The van der Waals surface area contributed by atoms with Crippen molar-refractivity contribution in [1.29, 1.82) is 0 Å². The van der Waals surface area contributed by atoms with Gasteiger partial charge in [0, 0.05) is 25.1 Å². The molecular formula is C20H21FN2O4. The van der Waals surface area contributed by atoms with Gasteiger partial charge < -0.3 is 20.1 Å². The smallest absolute Gasteiger partial charge is 0.231 e. The summed E-state index contributed by atoms with van der Waals surface area (Å²) in [5.74, 6) is -1.29. The van der Waals surface area contributed by atoms with Crippen LogP contribution in [-0.2, 0) is 16.1 Å². The van der Waals surface area contributed by atoms with Crippen molar-refractivity contribution >= 4 is 17.5 Å². The number of fused-ring (bicyclic) bond motifs is 1. The summed E-state index contributed by atoms with van der Waals surface area (Å²) in [6, 6.07) is 11.4. The standard InChI is InChI=1S/C20H21FN2O4/c1-27-17-8-4-6-14-15(11-18(25)22-19(14)17)20(26)23(9-10-24)12-13-5-2-3-7-16(13)21/h2-8,15,24H,9-12H2,1H3,(H,22,25). The van der Waals surface area contributed by atoms with Gasteiger partial charge in [-0.05, 0) is 17.7 Å². The number of amides is 2. The van der Waals surface area contributed by atoms with Gasteiger partial charge in [0.25, 0.3) is 0 Å². The van der Waals surface area contributed by atoms with E-state index in [1.807, 2.05) is 0 Å². The number of rotatable bonds is 6. The number of anilines is 1. The third kappa shape index (κ3) is 3.93. The van der Waals surface area contributed by atoms with Gasteiger partial charge in [-0.25, -0.2) is 4.39 Å². The number of nitrogens with one attached hydrogen (secondary N) is 1. The molecule has 27 heavy (non-hydrogen) atoms. The minimum atomic E-state index is -0.720. The van der Waals surface area contributed by atoms with Crippen LogP contribution in [0.4, 0.5) is 10.1 Å². The Morgan fingerprint density at radius 1 is 1.30 bits per heavy atom. The number of ether oxygens (including phenoxy) is 1. The maximum Gasteiger partial charge on any atom is 0.231 e. The first kappa shape index (κ1) is 18.8. The molecule has 0 aromatic heterocycles. The van der Waals surface area contributed by atoms with Crippen molar-refractivity contribution in [2.45, 2.75) is 18.9 Å². The lowest BCUT2D eigenvalue weighted by molar-refractivity contribution is -0.136. The third-order valence-electron chi connectivity index (χ3n) is 4.61. The average molecular weight is 372 g/mol. The zero-order valence-electron chi connectivity index (χ0n) is 14.9. The van der Waals surface area contributed by atoms with Crippen molar-refractivity contribution in [3.05, 3.63) is 59.4 Å². The molecule has 6 nitrogen and oxygen atoms in total. The highest BCUT2D eigenvalue weighted by atomic mass is 19.1. The van der Waals surface area contributed by atoms with Crippen LogP contribution in [0.1, 0.15) is 23.5 Å². The average Bonchev–Trinajstić information content (AvgIpc) is 2.67. The van der Waals surface area contributed by atoms with E-state index in [-0.39, 0.29) is 37.9 Å². The SMILES string of the molecule is COc1cccc2c1NC(=O)CC2C(=O)N(CCO)Cc1ccccc1F. The molecule has 0 fully saturated rings. The summed E-state index contributed by atoms with van der Waals surface area (Å²) in [5, 5.41) is 12.1. The number of methoxy groups -OCH3 is 1. The molecule has 0 spiro atoms. The van der Waals surface area contributed by atoms with Gasteiger partial charge in [0.15, 0.2) is 0 Å². The Bertz CT molecular complexity index is 856.